The number of ketones is 1. The standard InChI is InChI=1S/C10H20O5/c1-7(12)9(2,14-4)10(3,15-5)8(13)6-11/h8,11,13H,6H2,1-5H3. The van der Waals surface area contributed by atoms with E-state index in [2.05, 4.69) is 0 Å². The molecule has 15 heavy (non-hydrogen) atoms. The minimum atomic E-state index is -1.30. The summed E-state index contributed by atoms with van der Waals surface area (Å²) in [4.78, 5) is 11.5. The predicted molar refractivity (Wildman–Crippen MR) is 54.6 cm³/mol. The van der Waals surface area contributed by atoms with Gasteiger partial charge in [-0.05, 0) is 20.8 Å². The maximum atomic E-state index is 11.5. The molecule has 0 fully saturated rings. The number of hydrogen-bond acceptors (Lipinski definition) is 5. The molecule has 0 aromatic carbocycles. The summed E-state index contributed by atoms with van der Waals surface area (Å²) in [6.45, 7) is 3.90. The van der Waals surface area contributed by atoms with Crippen molar-refractivity contribution in [3.63, 3.8) is 0 Å². The zero-order chi connectivity index (χ0) is 12.3. The Labute approximate surface area is 90.0 Å². The molecule has 0 radical (unpaired) electrons. The fourth-order valence-electron chi connectivity index (χ4n) is 1.52. The molecular formula is C10H20O5. The topological polar surface area (TPSA) is 76.0 Å². The Morgan fingerprint density at radius 1 is 1.33 bits per heavy atom. The Hall–Kier alpha value is -0.490. The molecule has 3 atom stereocenters. The van der Waals surface area contributed by atoms with E-state index in [1.165, 1.54) is 35.0 Å². The van der Waals surface area contributed by atoms with Gasteiger partial charge in [0.1, 0.15) is 11.7 Å². The van der Waals surface area contributed by atoms with Gasteiger partial charge in [-0.15, -0.1) is 0 Å². The van der Waals surface area contributed by atoms with E-state index in [4.69, 9.17) is 14.6 Å². The Kier molecular flexibility index (Phi) is 4.86. The monoisotopic (exact) mass is 220 g/mol. The van der Waals surface area contributed by atoms with Crippen LogP contribution in [-0.4, -0.2) is 54.1 Å². The lowest BCUT2D eigenvalue weighted by atomic mass is 9.78. The van der Waals surface area contributed by atoms with Crippen LogP contribution in [0, 0.1) is 0 Å². The van der Waals surface area contributed by atoms with Crippen LogP contribution in [0.1, 0.15) is 20.8 Å². The molecule has 0 aromatic heterocycles. The van der Waals surface area contributed by atoms with Crippen molar-refractivity contribution in [1.82, 2.24) is 0 Å². The van der Waals surface area contributed by atoms with E-state index in [0.717, 1.165) is 0 Å². The van der Waals surface area contributed by atoms with Crippen molar-refractivity contribution in [3.05, 3.63) is 0 Å². The molecule has 0 aliphatic heterocycles. The Balaban J connectivity index is 5.32. The Morgan fingerprint density at radius 3 is 2.00 bits per heavy atom. The number of carbonyl (C=O) groups is 1. The molecule has 0 aliphatic carbocycles. The largest absolute Gasteiger partial charge is 0.394 e. The van der Waals surface area contributed by atoms with E-state index in [1.54, 1.807) is 0 Å². The van der Waals surface area contributed by atoms with Crippen LogP contribution >= 0.6 is 0 Å². The van der Waals surface area contributed by atoms with Crippen LogP contribution in [-0.2, 0) is 14.3 Å². The van der Waals surface area contributed by atoms with Gasteiger partial charge in [-0.1, -0.05) is 0 Å². The first-order valence-corrected chi connectivity index (χ1v) is 4.70. The summed E-state index contributed by atoms with van der Waals surface area (Å²) in [6.07, 6.45) is -1.20. The van der Waals surface area contributed by atoms with Crippen LogP contribution in [0.4, 0.5) is 0 Å². The van der Waals surface area contributed by atoms with Gasteiger partial charge in [-0.3, -0.25) is 4.79 Å². The molecule has 5 heteroatoms. The molecule has 0 saturated heterocycles. The summed E-state index contributed by atoms with van der Waals surface area (Å²) in [5.74, 6) is -0.276. The summed E-state index contributed by atoms with van der Waals surface area (Å²) >= 11 is 0. The van der Waals surface area contributed by atoms with Crippen LogP contribution < -0.4 is 0 Å². The van der Waals surface area contributed by atoms with Gasteiger partial charge in [-0.2, -0.15) is 0 Å². The number of aliphatic hydroxyl groups is 2. The fourth-order valence-corrected chi connectivity index (χ4v) is 1.52. The molecule has 0 aliphatic rings. The van der Waals surface area contributed by atoms with E-state index < -0.39 is 23.9 Å². The van der Waals surface area contributed by atoms with E-state index in [1.807, 2.05) is 0 Å². The highest BCUT2D eigenvalue weighted by molar-refractivity contribution is 5.86. The third-order valence-electron chi connectivity index (χ3n) is 3.26. The minimum absolute atomic E-state index is 0.276. The average Bonchev–Trinajstić information content (AvgIpc) is 2.24. The molecule has 0 aromatic rings. The van der Waals surface area contributed by atoms with Crippen LogP contribution in [0.2, 0.25) is 0 Å². The number of rotatable bonds is 6. The smallest absolute Gasteiger partial charge is 0.164 e. The lowest BCUT2D eigenvalue weighted by Crippen LogP contribution is -2.64. The van der Waals surface area contributed by atoms with Crippen molar-refractivity contribution in [2.75, 3.05) is 20.8 Å². The van der Waals surface area contributed by atoms with Crippen molar-refractivity contribution in [2.24, 2.45) is 0 Å². The molecule has 0 heterocycles. The summed E-state index contributed by atoms with van der Waals surface area (Å²) in [5.41, 5.74) is -2.59. The van der Waals surface area contributed by atoms with Crippen molar-refractivity contribution >= 4 is 5.78 Å². The van der Waals surface area contributed by atoms with E-state index in [9.17, 15) is 9.90 Å². The lowest BCUT2D eigenvalue weighted by molar-refractivity contribution is -0.215. The van der Waals surface area contributed by atoms with Crippen molar-refractivity contribution in [3.8, 4) is 0 Å². The first kappa shape index (κ1) is 14.5. The highest BCUT2D eigenvalue weighted by Crippen LogP contribution is 2.32. The molecular weight excluding hydrogens is 200 g/mol. The third-order valence-corrected chi connectivity index (χ3v) is 3.26. The van der Waals surface area contributed by atoms with Gasteiger partial charge in [0, 0.05) is 14.2 Å². The Bertz CT molecular complexity index is 230. The highest BCUT2D eigenvalue weighted by atomic mass is 16.6. The van der Waals surface area contributed by atoms with Gasteiger partial charge >= 0.3 is 0 Å². The van der Waals surface area contributed by atoms with E-state index >= 15 is 0 Å². The van der Waals surface area contributed by atoms with Gasteiger partial charge in [0.25, 0.3) is 0 Å². The summed E-state index contributed by atoms with van der Waals surface area (Å²) in [6, 6.07) is 0. The maximum Gasteiger partial charge on any atom is 0.164 e. The van der Waals surface area contributed by atoms with Crippen molar-refractivity contribution in [1.29, 1.82) is 0 Å². The number of aliphatic hydroxyl groups excluding tert-OH is 2. The minimum Gasteiger partial charge on any atom is -0.394 e. The second-order valence-corrected chi connectivity index (χ2v) is 3.80. The number of hydrogen-bond donors (Lipinski definition) is 2. The first-order valence-electron chi connectivity index (χ1n) is 4.70. The molecule has 3 unspecified atom stereocenters. The zero-order valence-corrected chi connectivity index (χ0v) is 9.90. The van der Waals surface area contributed by atoms with Gasteiger partial charge < -0.3 is 19.7 Å². The number of carbonyl (C=O) groups excluding carboxylic acids is 1. The molecule has 0 bridgehead atoms. The fraction of sp³-hybridized carbons (Fsp3) is 0.900. The number of methoxy groups -OCH3 is 2. The molecule has 0 spiro atoms. The van der Waals surface area contributed by atoms with Crippen LogP contribution in [0.25, 0.3) is 0 Å². The second-order valence-electron chi connectivity index (χ2n) is 3.80. The normalized spacial score (nSPS) is 21.5. The zero-order valence-electron chi connectivity index (χ0n) is 9.90. The van der Waals surface area contributed by atoms with Gasteiger partial charge in [0.15, 0.2) is 11.4 Å². The molecule has 5 nitrogen and oxygen atoms in total. The number of Topliss-reactive ketones (excluding diaryl/α,β-unsaturated/α-hetero) is 1. The molecule has 2 N–H and O–H groups in total. The summed E-state index contributed by atoms with van der Waals surface area (Å²) in [7, 11) is 2.72. The number of ether oxygens (including phenoxy) is 2. The maximum absolute atomic E-state index is 11.5. The highest BCUT2D eigenvalue weighted by Gasteiger charge is 2.53. The van der Waals surface area contributed by atoms with Crippen LogP contribution in [0.5, 0.6) is 0 Å². The van der Waals surface area contributed by atoms with Crippen LogP contribution in [0.3, 0.4) is 0 Å². The predicted octanol–water partition coefficient (Wildman–Crippen LogP) is -0.261. The van der Waals surface area contributed by atoms with E-state index in [0.29, 0.717) is 0 Å². The molecule has 0 rings (SSSR count). The lowest BCUT2D eigenvalue weighted by Gasteiger charge is -2.44. The van der Waals surface area contributed by atoms with Crippen molar-refractivity contribution < 1.29 is 24.5 Å². The second kappa shape index (κ2) is 5.03. The first-order chi connectivity index (χ1) is 6.80. The molecule has 0 saturated carbocycles. The quantitative estimate of drug-likeness (QED) is 0.645. The summed E-state index contributed by atoms with van der Waals surface area (Å²) in [5, 5.41) is 18.6. The third kappa shape index (κ3) is 2.20. The van der Waals surface area contributed by atoms with Gasteiger partial charge in [0.05, 0.1) is 6.61 Å². The van der Waals surface area contributed by atoms with Crippen molar-refractivity contribution in [2.45, 2.75) is 38.1 Å². The van der Waals surface area contributed by atoms with Gasteiger partial charge in [-0.25, -0.2) is 0 Å². The molecule has 90 valence electrons. The average molecular weight is 220 g/mol. The molecule has 0 amide bonds. The Morgan fingerprint density at radius 2 is 1.80 bits per heavy atom. The van der Waals surface area contributed by atoms with Crippen LogP contribution in [0.15, 0.2) is 0 Å². The summed E-state index contributed by atoms with van der Waals surface area (Å²) < 4.78 is 10.3. The van der Waals surface area contributed by atoms with Gasteiger partial charge in [0.2, 0.25) is 0 Å². The van der Waals surface area contributed by atoms with E-state index in [-0.39, 0.29) is 5.78 Å². The SMILES string of the molecule is COC(C)(C(C)=O)C(C)(OC)C(O)CO.